The van der Waals surface area contributed by atoms with Crippen molar-refractivity contribution >= 4 is 23.5 Å². The number of carbonyl (C=O) groups is 3. The van der Waals surface area contributed by atoms with E-state index in [0.29, 0.717) is 11.3 Å². The number of amides is 2. The molecule has 0 fully saturated rings. The minimum atomic E-state index is -1.16. The quantitative estimate of drug-likeness (QED) is 0.724. The van der Waals surface area contributed by atoms with Crippen molar-refractivity contribution in [3.05, 3.63) is 59.9 Å². The molecule has 0 heterocycles. The minimum Gasteiger partial charge on any atom is -0.497 e. The maximum absolute atomic E-state index is 13.5. The lowest BCUT2D eigenvalue weighted by atomic mass is 10.2. The Bertz CT molecular complexity index is 840. The van der Waals surface area contributed by atoms with Crippen molar-refractivity contribution in [3.63, 3.8) is 0 Å². The number of benzene rings is 2. The number of methoxy groups -OCH3 is 1. The molecule has 0 aromatic heterocycles. The molecule has 0 saturated carbocycles. The van der Waals surface area contributed by atoms with Gasteiger partial charge in [-0.05, 0) is 37.3 Å². The largest absolute Gasteiger partial charge is 0.497 e. The van der Waals surface area contributed by atoms with Gasteiger partial charge in [0.15, 0.2) is 6.10 Å². The lowest BCUT2D eigenvalue weighted by Gasteiger charge is -2.14. The number of rotatable bonds is 7. The van der Waals surface area contributed by atoms with Crippen LogP contribution in [0.4, 0.5) is 10.1 Å². The molecule has 0 spiro atoms. The highest BCUT2D eigenvalue weighted by Gasteiger charge is 2.19. The topological polar surface area (TPSA) is 93.7 Å². The molecule has 2 rings (SSSR count). The van der Waals surface area contributed by atoms with Gasteiger partial charge in [0.2, 0.25) is 0 Å². The SMILES string of the molecule is COc1cccc(C(=O)NCC(=O)O[C@@H](C)C(=O)Nc2ccccc2F)c1. The molecule has 0 unspecified atom stereocenters. The number of esters is 1. The van der Waals surface area contributed by atoms with Gasteiger partial charge >= 0.3 is 5.97 Å². The average molecular weight is 374 g/mol. The molecule has 0 bridgehead atoms. The molecule has 7 nitrogen and oxygen atoms in total. The zero-order valence-corrected chi connectivity index (χ0v) is 14.8. The fraction of sp³-hybridized carbons (Fsp3) is 0.211. The Balaban J connectivity index is 1.83. The van der Waals surface area contributed by atoms with Crippen LogP contribution in [0.3, 0.4) is 0 Å². The fourth-order valence-electron chi connectivity index (χ4n) is 2.11. The monoisotopic (exact) mass is 374 g/mol. The third-order valence-electron chi connectivity index (χ3n) is 3.53. The predicted octanol–water partition coefficient (Wildman–Crippen LogP) is 2.13. The van der Waals surface area contributed by atoms with E-state index in [0.717, 1.165) is 0 Å². The van der Waals surface area contributed by atoms with Crippen molar-refractivity contribution in [2.75, 3.05) is 19.0 Å². The van der Waals surface area contributed by atoms with Crippen LogP contribution in [0.2, 0.25) is 0 Å². The lowest BCUT2D eigenvalue weighted by molar-refractivity contribution is -0.152. The summed E-state index contributed by atoms with van der Waals surface area (Å²) in [4.78, 5) is 35.8. The normalized spacial score (nSPS) is 11.2. The average Bonchev–Trinajstić information content (AvgIpc) is 2.67. The van der Waals surface area contributed by atoms with Gasteiger partial charge in [0, 0.05) is 5.56 Å². The van der Waals surface area contributed by atoms with Gasteiger partial charge < -0.3 is 20.1 Å². The van der Waals surface area contributed by atoms with Crippen molar-refractivity contribution in [1.82, 2.24) is 5.32 Å². The van der Waals surface area contributed by atoms with E-state index in [2.05, 4.69) is 10.6 Å². The molecule has 27 heavy (non-hydrogen) atoms. The second kappa shape index (κ2) is 9.33. The van der Waals surface area contributed by atoms with Crippen LogP contribution >= 0.6 is 0 Å². The van der Waals surface area contributed by atoms with E-state index >= 15 is 0 Å². The second-order valence-electron chi connectivity index (χ2n) is 5.52. The van der Waals surface area contributed by atoms with Crippen LogP contribution in [0.15, 0.2) is 48.5 Å². The van der Waals surface area contributed by atoms with Gasteiger partial charge in [-0.3, -0.25) is 14.4 Å². The highest BCUT2D eigenvalue weighted by atomic mass is 19.1. The minimum absolute atomic E-state index is 0.0169. The number of hydrogen-bond donors (Lipinski definition) is 2. The molecule has 2 aromatic carbocycles. The Morgan fingerprint density at radius 2 is 1.85 bits per heavy atom. The van der Waals surface area contributed by atoms with Gasteiger partial charge in [0.25, 0.3) is 11.8 Å². The number of hydrogen-bond acceptors (Lipinski definition) is 5. The first kappa shape index (κ1) is 19.9. The number of halogens is 1. The van der Waals surface area contributed by atoms with Crippen LogP contribution in [0.25, 0.3) is 0 Å². The van der Waals surface area contributed by atoms with E-state index in [4.69, 9.17) is 9.47 Å². The van der Waals surface area contributed by atoms with E-state index < -0.39 is 36.2 Å². The molecular formula is C19H19FN2O5. The summed E-state index contributed by atoms with van der Waals surface area (Å²) in [6.45, 7) is 0.922. The Morgan fingerprint density at radius 1 is 1.11 bits per heavy atom. The highest BCUT2D eigenvalue weighted by Crippen LogP contribution is 2.13. The Kier molecular flexibility index (Phi) is 6.87. The van der Waals surface area contributed by atoms with Crippen molar-refractivity contribution in [1.29, 1.82) is 0 Å². The molecule has 142 valence electrons. The summed E-state index contributed by atoms with van der Waals surface area (Å²) in [6.07, 6.45) is -1.16. The summed E-state index contributed by atoms with van der Waals surface area (Å²) >= 11 is 0. The molecule has 2 N–H and O–H groups in total. The standard InChI is InChI=1S/C19H19FN2O5/c1-12(18(24)22-16-9-4-3-8-15(16)20)27-17(23)11-21-19(25)13-6-5-7-14(10-13)26-2/h3-10,12H,11H2,1-2H3,(H,21,25)(H,22,24)/t12-/m0/s1. The Hall–Kier alpha value is -3.42. The predicted molar refractivity (Wildman–Crippen MR) is 95.9 cm³/mol. The van der Waals surface area contributed by atoms with Crippen LogP contribution in [-0.4, -0.2) is 37.5 Å². The number of ether oxygens (including phenoxy) is 2. The fourth-order valence-corrected chi connectivity index (χ4v) is 2.11. The molecule has 2 amide bonds. The van der Waals surface area contributed by atoms with Crippen LogP contribution < -0.4 is 15.4 Å². The Labute approximate surface area is 155 Å². The van der Waals surface area contributed by atoms with Gasteiger partial charge in [-0.15, -0.1) is 0 Å². The summed E-state index contributed by atoms with van der Waals surface area (Å²) in [5.41, 5.74) is 0.296. The Morgan fingerprint density at radius 3 is 2.56 bits per heavy atom. The number of anilines is 1. The zero-order valence-electron chi connectivity index (χ0n) is 14.8. The molecule has 2 aromatic rings. The zero-order chi connectivity index (χ0) is 19.8. The van der Waals surface area contributed by atoms with Gasteiger partial charge in [-0.25, -0.2) is 4.39 Å². The first-order valence-electron chi connectivity index (χ1n) is 8.08. The van der Waals surface area contributed by atoms with Gasteiger partial charge in [-0.2, -0.15) is 0 Å². The van der Waals surface area contributed by atoms with E-state index in [-0.39, 0.29) is 5.69 Å². The summed E-state index contributed by atoms with van der Waals surface area (Å²) in [6, 6.07) is 12.0. The maximum Gasteiger partial charge on any atom is 0.326 e. The maximum atomic E-state index is 13.5. The third kappa shape index (κ3) is 5.81. The molecule has 1 atom stereocenters. The van der Waals surface area contributed by atoms with E-state index in [1.807, 2.05) is 0 Å². The van der Waals surface area contributed by atoms with Crippen LogP contribution in [-0.2, 0) is 14.3 Å². The van der Waals surface area contributed by atoms with Crippen LogP contribution in [0.5, 0.6) is 5.75 Å². The first-order valence-corrected chi connectivity index (χ1v) is 8.08. The molecule has 0 aliphatic carbocycles. The summed E-state index contributed by atoms with van der Waals surface area (Å²) in [7, 11) is 1.47. The van der Waals surface area contributed by atoms with Crippen LogP contribution in [0, 0.1) is 5.82 Å². The molecule has 0 aliphatic rings. The van der Waals surface area contributed by atoms with Crippen molar-refractivity contribution in [2.45, 2.75) is 13.0 Å². The number of nitrogens with one attached hydrogen (secondary N) is 2. The third-order valence-corrected chi connectivity index (χ3v) is 3.53. The summed E-state index contributed by atoms with van der Waals surface area (Å²) in [5, 5.41) is 4.72. The first-order chi connectivity index (χ1) is 12.9. The molecule has 0 radical (unpaired) electrons. The van der Waals surface area contributed by atoms with Crippen molar-refractivity contribution in [3.8, 4) is 5.75 Å². The van der Waals surface area contributed by atoms with E-state index in [1.54, 1.807) is 24.3 Å². The van der Waals surface area contributed by atoms with Gasteiger partial charge in [-0.1, -0.05) is 18.2 Å². The van der Waals surface area contributed by atoms with Gasteiger partial charge in [0.05, 0.1) is 12.8 Å². The smallest absolute Gasteiger partial charge is 0.326 e. The van der Waals surface area contributed by atoms with Crippen molar-refractivity contribution in [2.24, 2.45) is 0 Å². The molecular weight excluding hydrogens is 355 g/mol. The molecule has 0 aliphatic heterocycles. The van der Waals surface area contributed by atoms with Gasteiger partial charge in [0.1, 0.15) is 18.1 Å². The number of carbonyl (C=O) groups excluding carboxylic acids is 3. The van der Waals surface area contributed by atoms with Crippen molar-refractivity contribution < 1.29 is 28.2 Å². The van der Waals surface area contributed by atoms with Crippen LogP contribution in [0.1, 0.15) is 17.3 Å². The number of para-hydroxylation sites is 1. The van der Waals surface area contributed by atoms with E-state index in [1.165, 1.54) is 38.3 Å². The summed E-state index contributed by atoms with van der Waals surface area (Å²) in [5.74, 6) is -2.08. The second-order valence-corrected chi connectivity index (χ2v) is 5.52. The summed E-state index contributed by atoms with van der Waals surface area (Å²) < 4.78 is 23.5. The highest BCUT2D eigenvalue weighted by molar-refractivity contribution is 5.97. The molecule has 8 heteroatoms. The lowest BCUT2D eigenvalue weighted by Crippen LogP contribution is -2.36. The molecule has 0 saturated heterocycles. The van der Waals surface area contributed by atoms with E-state index in [9.17, 15) is 18.8 Å².